The van der Waals surface area contributed by atoms with Gasteiger partial charge in [0.1, 0.15) is 0 Å². The van der Waals surface area contributed by atoms with Gasteiger partial charge in [0.2, 0.25) is 0 Å². The Labute approximate surface area is 237 Å². The van der Waals surface area contributed by atoms with E-state index in [4.69, 9.17) is 4.74 Å². The van der Waals surface area contributed by atoms with Crippen molar-refractivity contribution in [3.05, 3.63) is 70.8 Å². The fourth-order valence-corrected chi connectivity index (χ4v) is 6.69. The molecular formula is C36H50O3. The van der Waals surface area contributed by atoms with Crippen LogP contribution in [0.1, 0.15) is 100 Å². The first kappa shape index (κ1) is 29.6. The van der Waals surface area contributed by atoms with Gasteiger partial charge in [-0.05, 0) is 90.7 Å². The molecule has 0 radical (unpaired) electrons. The number of rotatable bonds is 14. The van der Waals surface area contributed by atoms with Crippen molar-refractivity contribution in [2.75, 3.05) is 13.2 Å². The molecule has 2 aliphatic rings. The molecule has 0 bridgehead atoms. The predicted octanol–water partition coefficient (Wildman–Crippen LogP) is 8.43. The van der Waals surface area contributed by atoms with Gasteiger partial charge in [0.15, 0.2) is 0 Å². The maximum atomic E-state index is 11.6. The Hall–Kier alpha value is -2.39. The van der Waals surface area contributed by atoms with Crippen LogP contribution in [0.5, 0.6) is 0 Å². The molecule has 0 heterocycles. The molecule has 212 valence electrons. The molecule has 1 unspecified atom stereocenters. The summed E-state index contributed by atoms with van der Waals surface area (Å²) in [5.41, 5.74) is 9.42. The van der Waals surface area contributed by atoms with E-state index in [1.807, 2.05) is 0 Å². The van der Waals surface area contributed by atoms with Crippen LogP contribution in [0.2, 0.25) is 0 Å². The van der Waals surface area contributed by atoms with Gasteiger partial charge < -0.3 is 9.84 Å². The van der Waals surface area contributed by atoms with Gasteiger partial charge in [0, 0.05) is 18.1 Å². The Morgan fingerprint density at radius 2 is 1.51 bits per heavy atom. The summed E-state index contributed by atoms with van der Waals surface area (Å²) in [5, 5.41) is 9.60. The van der Waals surface area contributed by atoms with Crippen LogP contribution in [-0.4, -0.2) is 24.3 Å². The Bertz CT molecular complexity index is 1090. The highest BCUT2D eigenvalue weighted by atomic mass is 16.5. The monoisotopic (exact) mass is 530 g/mol. The molecule has 2 aromatic carbocycles. The molecule has 1 N–H and O–H groups in total. The minimum absolute atomic E-state index is 0.0426. The molecule has 4 rings (SSSR count). The number of fused-ring (bicyclic) bond motifs is 3. The number of hydrogen-bond acceptors (Lipinski definition) is 3. The number of carbonyl (C=O) groups is 1. The van der Waals surface area contributed by atoms with Crippen LogP contribution in [0.3, 0.4) is 0 Å². The maximum Gasteiger partial charge on any atom is 0.333 e. The van der Waals surface area contributed by atoms with Crippen molar-refractivity contribution in [1.82, 2.24) is 0 Å². The van der Waals surface area contributed by atoms with E-state index in [0.717, 1.165) is 24.7 Å². The van der Waals surface area contributed by atoms with Crippen LogP contribution in [0.25, 0.3) is 11.1 Å². The molecule has 3 heteroatoms. The van der Waals surface area contributed by atoms with E-state index in [0.29, 0.717) is 12.2 Å². The average Bonchev–Trinajstić information content (AvgIpc) is 2.96. The van der Waals surface area contributed by atoms with Crippen molar-refractivity contribution in [1.29, 1.82) is 0 Å². The number of esters is 1. The number of aliphatic hydroxyl groups is 1. The SMILES string of the molecule is C=C(C)C(=O)OCC(CO)CCCCC1CCC(CCc2ccc3c(c2)CCc2cc(CCC)ccc2-3)CC1. The van der Waals surface area contributed by atoms with E-state index in [-0.39, 0.29) is 18.5 Å². The highest BCUT2D eigenvalue weighted by Gasteiger charge is 2.22. The van der Waals surface area contributed by atoms with E-state index in [1.165, 1.54) is 105 Å². The van der Waals surface area contributed by atoms with Crippen molar-refractivity contribution < 1.29 is 14.6 Å². The van der Waals surface area contributed by atoms with E-state index in [1.54, 1.807) is 12.5 Å². The van der Waals surface area contributed by atoms with Crippen LogP contribution in [0.4, 0.5) is 0 Å². The first-order valence-corrected chi connectivity index (χ1v) is 15.6. The molecule has 2 aromatic rings. The zero-order valence-corrected chi connectivity index (χ0v) is 24.5. The van der Waals surface area contributed by atoms with Gasteiger partial charge in [-0.1, -0.05) is 101 Å². The number of hydrogen-bond donors (Lipinski definition) is 1. The number of aryl methyl sites for hydroxylation is 4. The summed E-state index contributed by atoms with van der Waals surface area (Å²) >= 11 is 0. The lowest BCUT2D eigenvalue weighted by Gasteiger charge is -2.29. The summed E-state index contributed by atoms with van der Waals surface area (Å²) in [4.78, 5) is 11.6. The van der Waals surface area contributed by atoms with Crippen molar-refractivity contribution in [3.8, 4) is 11.1 Å². The van der Waals surface area contributed by atoms with Crippen molar-refractivity contribution >= 4 is 5.97 Å². The largest absolute Gasteiger partial charge is 0.462 e. The van der Waals surface area contributed by atoms with Gasteiger partial charge in [0.25, 0.3) is 0 Å². The van der Waals surface area contributed by atoms with Crippen molar-refractivity contribution in [3.63, 3.8) is 0 Å². The number of aliphatic hydroxyl groups excluding tert-OH is 1. The molecule has 0 aliphatic heterocycles. The summed E-state index contributed by atoms with van der Waals surface area (Å²) < 4.78 is 5.22. The predicted molar refractivity (Wildman–Crippen MR) is 162 cm³/mol. The fourth-order valence-electron chi connectivity index (χ4n) is 6.69. The molecule has 2 aliphatic carbocycles. The fraction of sp³-hybridized carbons (Fsp3) is 0.583. The highest BCUT2D eigenvalue weighted by molar-refractivity contribution is 5.86. The lowest BCUT2D eigenvalue weighted by Crippen LogP contribution is -2.18. The molecule has 0 amide bonds. The van der Waals surface area contributed by atoms with Crippen LogP contribution in [-0.2, 0) is 35.2 Å². The van der Waals surface area contributed by atoms with Crippen LogP contribution in [0, 0.1) is 17.8 Å². The minimum Gasteiger partial charge on any atom is -0.462 e. The molecule has 1 atom stereocenters. The number of carbonyl (C=O) groups excluding carboxylic acids is 1. The van der Waals surface area contributed by atoms with Crippen LogP contribution in [0.15, 0.2) is 48.6 Å². The second-order valence-electron chi connectivity index (χ2n) is 12.4. The van der Waals surface area contributed by atoms with Gasteiger partial charge in [-0.15, -0.1) is 0 Å². The molecule has 39 heavy (non-hydrogen) atoms. The van der Waals surface area contributed by atoms with Crippen LogP contribution < -0.4 is 0 Å². The Morgan fingerprint density at radius 1 is 0.923 bits per heavy atom. The minimum atomic E-state index is -0.358. The van der Waals surface area contributed by atoms with Gasteiger partial charge >= 0.3 is 5.97 Å². The summed E-state index contributed by atoms with van der Waals surface area (Å²) in [7, 11) is 0. The third kappa shape index (κ3) is 8.55. The summed E-state index contributed by atoms with van der Waals surface area (Å²) in [5.74, 6) is 1.41. The molecular weight excluding hydrogens is 480 g/mol. The topological polar surface area (TPSA) is 46.5 Å². The van der Waals surface area contributed by atoms with Gasteiger partial charge in [-0.25, -0.2) is 4.79 Å². The number of benzene rings is 2. The van der Waals surface area contributed by atoms with E-state index < -0.39 is 0 Å². The smallest absolute Gasteiger partial charge is 0.333 e. The second-order valence-corrected chi connectivity index (χ2v) is 12.4. The van der Waals surface area contributed by atoms with Crippen molar-refractivity contribution in [2.24, 2.45) is 17.8 Å². The number of unbranched alkanes of at least 4 members (excludes halogenated alkanes) is 1. The Kier molecular flexibility index (Phi) is 11.3. The van der Waals surface area contributed by atoms with E-state index in [2.05, 4.69) is 49.9 Å². The lowest BCUT2D eigenvalue weighted by molar-refractivity contribution is -0.140. The summed E-state index contributed by atoms with van der Waals surface area (Å²) in [6.45, 7) is 7.89. The first-order valence-electron chi connectivity index (χ1n) is 15.6. The zero-order chi connectivity index (χ0) is 27.6. The zero-order valence-electron chi connectivity index (χ0n) is 24.5. The van der Waals surface area contributed by atoms with Crippen molar-refractivity contribution in [2.45, 2.75) is 104 Å². The third-order valence-corrected chi connectivity index (χ3v) is 9.17. The standard InChI is InChI=1S/C36H50O3/c1-4-7-29-16-20-34-32(22-29)18-19-33-23-30(17-21-35(33)34)15-14-28-12-10-27(11-13-28)8-5-6-9-31(24-37)25-39-36(38)26(2)3/h16-17,20-23,27-28,31,37H,2,4-15,18-19,24-25H2,1,3H3. The Balaban J connectivity index is 1.15. The lowest BCUT2D eigenvalue weighted by atomic mass is 9.77. The first-order chi connectivity index (χ1) is 19.0. The van der Waals surface area contributed by atoms with Gasteiger partial charge in [-0.3, -0.25) is 0 Å². The van der Waals surface area contributed by atoms with Gasteiger partial charge in [-0.2, -0.15) is 0 Å². The van der Waals surface area contributed by atoms with Crippen LogP contribution >= 0.6 is 0 Å². The summed E-state index contributed by atoms with van der Waals surface area (Å²) in [6.07, 6.45) is 17.3. The summed E-state index contributed by atoms with van der Waals surface area (Å²) in [6, 6.07) is 14.4. The second kappa shape index (κ2) is 14.8. The molecule has 0 aromatic heterocycles. The quantitative estimate of drug-likeness (QED) is 0.151. The molecule has 3 nitrogen and oxygen atoms in total. The molecule has 1 saturated carbocycles. The molecule has 0 saturated heterocycles. The van der Waals surface area contributed by atoms with E-state index in [9.17, 15) is 9.90 Å². The Morgan fingerprint density at radius 3 is 2.08 bits per heavy atom. The van der Waals surface area contributed by atoms with E-state index >= 15 is 0 Å². The normalized spacial score (nSPS) is 19.2. The molecule has 1 fully saturated rings. The van der Waals surface area contributed by atoms with Gasteiger partial charge in [0.05, 0.1) is 6.61 Å². The maximum absolute atomic E-state index is 11.6. The number of ether oxygens (including phenoxy) is 1. The highest BCUT2D eigenvalue weighted by Crippen LogP contribution is 2.37. The molecule has 0 spiro atoms. The third-order valence-electron chi connectivity index (χ3n) is 9.17. The average molecular weight is 531 g/mol.